The Morgan fingerprint density at radius 2 is 2.07 bits per heavy atom. The van der Waals surface area contributed by atoms with Gasteiger partial charge in [-0.25, -0.2) is 10.8 Å². The molecule has 0 atom stereocenters. The number of hydrogen-bond donors (Lipinski definition) is 1. The molecule has 0 fully saturated rings. The third-order valence-electron chi connectivity index (χ3n) is 4.80. The summed E-state index contributed by atoms with van der Waals surface area (Å²) in [5.41, 5.74) is 5.57. The van der Waals surface area contributed by atoms with Crippen molar-refractivity contribution in [2.45, 2.75) is 26.4 Å². The molecule has 0 aliphatic heterocycles. The number of allylic oxidation sites excluding steroid dienone is 1. The van der Waals surface area contributed by atoms with Crippen LogP contribution >= 0.6 is 11.3 Å². The standard InChI is InChI=1S/C22H23N3OS/c1-15-7-5-10-19(25(2)23)17(15)14-26-22-12-6-9-18(24-22)21-13-16-8-3-4-11-20(16)27-21/h4-7,9-13H,3,8,14,23H2,1-2H3. The zero-order chi connectivity index (χ0) is 18.8. The first-order valence-electron chi connectivity index (χ1n) is 9.08. The molecule has 0 spiro atoms. The number of hydrogen-bond acceptors (Lipinski definition) is 5. The summed E-state index contributed by atoms with van der Waals surface area (Å²) in [6, 6.07) is 14.3. The first-order valence-corrected chi connectivity index (χ1v) is 9.90. The SMILES string of the molecule is Cc1cccc(N(C)N)c1COc1cccc(-c2cc3c(s2)C=CCC3)n1. The van der Waals surface area contributed by atoms with Crippen molar-refractivity contribution in [3.63, 3.8) is 0 Å². The predicted molar refractivity (Wildman–Crippen MR) is 113 cm³/mol. The van der Waals surface area contributed by atoms with Gasteiger partial charge < -0.3 is 9.75 Å². The summed E-state index contributed by atoms with van der Waals surface area (Å²) in [5.74, 6) is 6.59. The van der Waals surface area contributed by atoms with Gasteiger partial charge >= 0.3 is 0 Å². The van der Waals surface area contributed by atoms with Crippen LogP contribution in [0.2, 0.25) is 0 Å². The molecule has 1 aliphatic carbocycles. The smallest absolute Gasteiger partial charge is 0.214 e. The predicted octanol–water partition coefficient (Wildman–Crippen LogP) is 4.97. The number of rotatable bonds is 5. The highest BCUT2D eigenvalue weighted by Crippen LogP contribution is 2.35. The summed E-state index contributed by atoms with van der Waals surface area (Å²) >= 11 is 1.79. The Hall–Kier alpha value is -2.63. The Morgan fingerprint density at radius 1 is 1.22 bits per heavy atom. The van der Waals surface area contributed by atoms with E-state index in [2.05, 4.69) is 31.2 Å². The van der Waals surface area contributed by atoms with Crippen LogP contribution in [-0.4, -0.2) is 12.0 Å². The first-order chi connectivity index (χ1) is 13.1. The van der Waals surface area contributed by atoms with Crippen LogP contribution in [0, 0.1) is 6.92 Å². The second kappa shape index (κ2) is 7.55. The largest absolute Gasteiger partial charge is 0.473 e. The van der Waals surface area contributed by atoms with Gasteiger partial charge in [0.05, 0.1) is 16.3 Å². The van der Waals surface area contributed by atoms with E-state index in [1.807, 2.05) is 37.4 Å². The van der Waals surface area contributed by atoms with Gasteiger partial charge in [-0.05, 0) is 55.2 Å². The van der Waals surface area contributed by atoms with Crippen LogP contribution in [-0.2, 0) is 13.0 Å². The van der Waals surface area contributed by atoms with Crippen LogP contribution in [0.5, 0.6) is 5.88 Å². The quantitative estimate of drug-likeness (QED) is 0.504. The maximum absolute atomic E-state index is 6.03. The highest BCUT2D eigenvalue weighted by molar-refractivity contribution is 7.16. The number of hydrazine groups is 1. The Balaban J connectivity index is 1.56. The van der Waals surface area contributed by atoms with E-state index in [-0.39, 0.29) is 0 Å². The molecule has 2 N–H and O–H groups in total. The topological polar surface area (TPSA) is 51.4 Å². The molecule has 0 amide bonds. The minimum atomic E-state index is 0.434. The van der Waals surface area contributed by atoms with E-state index in [4.69, 9.17) is 15.6 Å². The Bertz CT molecular complexity index is 991. The number of benzene rings is 1. The Labute approximate surface area is 163 Å². The van der Waals surface area contributed by atoms with Crippen LogP contribution in [0.1, 0.15) is 28.0 Å². The average Bonchev–Trinajstić information content (AvgIpc) is 3.11. The number of thiophene rings is 1. The van der Waals surface area contributed by atoms with Crippen molar-refractivity contribution in [2.75, 3.05) is 12.1 Å². The zero-order valence-electron chi connectivity index (χ0n) is 15.6. The van der Waals surface area contributed by atoms with Crippen molar-refractivity contribution in [1.82, 2.24) is 4.98 Å². The number of aryl methyl sites for hydroxylation is 2. The molecule has 0 unspecified atom stereocenters. The van der Waals surface area contributed by atoms with E-state index in [9.17, 15) is 0 Å². The summed E-state index contributed by atoms with van der Waals surface area (Å²) in [4.78, 5) is 7.26. The molecule has 5 heteroatoms. The van der Waals surface area contributed by atoms with Gasteiger partial charge in [-0.2, -0.15) is 0 Å². The van der Waals surface area contributed by atoms with E-state index >= 15 is 0 Å². The summed E-state index contributed by atoms with van der Waals surface area (Å²) in [5, 5.41) is 1.62. The van der Waals surface area contributed by atoms with E-state index in [0.717, 1.165) is 35.3 Å². The highest BCUT2D eigenvalue weighted by Gasteiger charge is 2.13. The van der Waals surface area contributed by atoms with E-state index in [0.29, 0.717) is 12.5 Å². The number of nitrogens with zero attached hydrogens (tertiary/aromatic N) is 2. The molecule has 27 heavy (non-hydrogen) atoms. The normalized spacial score (nSPS) is 12.7. The van der Waals surface area contributed by atoms with Crippen LogP contribution in [0.15, 0.2) is 48.5 Å². The lowest BCUT2D eigenvalue weighted by Gasteiger charge is -2.19. The van der Waals surface area contributed by atoms with Crippen molar-refractivity contribution in [1.29, 1.82) is 0 Å². The number of aromatic nitrogens is 1. The molecule has 2 heterocycles. The van der Waals surface area contributed by atoms with Gasteiger partial charge in [-0.3, -0.25) is 0 Å². The summed E-state index contributed by atoms with van der Waals surface area (Å²) in [6.07, 6.45) is 6.69. The summed E-state index contributed by atoms with van der Waals surface area (Å²) in [7, 11) is 1.84. The van der Waals surface area contributed by atoms with Gasteiger partial charge in [-0.1, -0.05) is 24.3 Å². The Kier molecular flexibility index (Phi) is 4.97. The van der Waals surface area contributed by atoms with E-state index in [1.165, 1.54) is 15.3 Å². The maximum atomic E-state index is 6.03. The van der Waals surface area contributed by atoms with Gasteiger partial charge in [0.15, 0.2) is 0 Å². The number of ether oxygens (including phenoxy) is 1. The molecule has 138 valence electrons. The maximum Gasteiger partial charge on any atom is 0.214 e. The Morgan fingerprint density at radius 3 is 2.89 bits per heavy atom. The average molecular weight is 378 g/mol. The molecule has 0 radical (unpaired) electrons. The van der Waals surface area contributed by atoms with Gasteiger partial charge in [0.2, 0.25) is 5.88 Å². The second-order valence-electron chi connectivity index (χ2n) is 6.77. The fourth-order valence-electron chi connectivity index (χ4n) is 3.32. The van der Waals surface area contributed by atoms with Gasteiger partial charge in [0.25, 0.3) is 0 Å². The fourth-order valence-corrected chi connectivity index (χ4v) is 4.43. The van der Waals surface area contributed by atoms with Crippen molar-refractivity contribution in [3.8, 4) is 16.5 Å². The lowest BCUT2D eigenvalue weighted by Crippen LogP contribution is -2.26. The summed E-state index contributed by atoms with van der Waals surface area (Å²) in [6.45, 7) is 2.50. The minimum Gasteiger partial charge on any atom is -0.473 e. The number of nitrogens with two attached hydrogens (primary N) is 1. The molecular formula is C22H23N3OS. The molecule has 1 aliphatic rings. The summed E-state index contributed by atoms with van der Waals surface area (Å²) < 4.78 is 6.03. The molecule has 4 nitrogen and oxygen atoms in total. The van der Waals surface area contributed by atoms with Crippen molar-refractivity contribution in [3.05, 3.63) is 70.1 Å². The lowest BCUT2D eigenvalue weighted by molar-refractivity contribution is 0.294. The van der Waals surface area contributed by atoms with Crippen molar-refractivity contribution >= 4 is 23.1 Å². The first kappa shape index (κ1) is 17.8. The van der Waals surface area contributed by atoms with Gasteiger partial charge in [0, 0.05) is 23.6 Å². The van der Waals surface area contributed by atoms with Crippen molar-refractivity contribution < 1.29 is 4.74 Å². The molecule has 3 aromatic rings. The van der Waals surface area contributed by atoms with Crippen molar-refractivity contribution in [2.24, 2.45) is 5.84 Å². The third-order valence-corrected chi connectivity index (χ3v) is 5.96. The highest BCUT2D eigenvalue weighted by atomic mass is 32.1. The number of fused-ring (bicyclic) bond motifs is 1. The van der Waals surface area contributed by atoms with Crippen LogP contribution in [0.4, 0.5) is 5.69 Å². The lowest BCUT2D eigenvalue weighted by atomic mass is 10.1. The fraction of sp³-hybridized carbons (Fsp3) is 0.227. The van der Waals surface area contributed by atoms with E-state index < -0.39 is 0 Å². The molecule has 0 saturated carbocycles. The molecular weight excluding hydrogens is 354 g/mol. The molecule has 4 rings (SSSR count). The molecule has 1 aromatic carbocycles. The van der Waals surface area contributed by atoms with Gasteiger partial charge in [0.1, 0.15) is 6.61 Å². The van der Waals surface area contributed by atoms with Gasteiger partial charge in [-0.15, -0.1) is 11.3 Å². The third kappa shape index (κ3) is 3.75. The molecule has 2 aromatic heterocycles. The van der Waals surface area contributed by atoms with Crippen LogP contribution in [0.25, 0.3) is 16.6 Å². The minimum absolute atomic E-state index is 0.434. The monoisotopic (exact) mass is 377 g/mol. The second-order valence-corrected chi connectivity index (χ2v) is 7.86. The van der Waals surface area contributed by atoms with Crippen LogP contribution < -0.4 is 15.6 Å². The number of anilines is 1. The molecule has 0 bridgehead atoms. The zero-order valence-corrected chi connectivity index (χ0v) is 16.4. The molecule has 0 saturated heterocycles. The van der Waals surface area contributed by atoms with Crippen LogP contribution in [0.3, 0.4) is 0 Å². The van der Waals surface area contributed by atoms with E-state index in [1.54, 1.807) is 16.3 Å². The number of pyridine rings is 1.